The van der Waals surface area contributed by atoms with E-state index in [1.54, 1.807) is 45.0 Å². The van der Waals surface area contributed by atoms with Crippen molar-refractivity contribution in [3.8, 4) is 11.3 Å². The standard InChI is InChI=1S/C23H24N2O5S/c1-23(2,3)30-22(26)24-20-15-29-25-21(20)18-11-7-16(8-12-18)5-6-17-9-13-19(14-10-17)31(4,27)28/h5-15H,1-4H3,(H,24,26)/b6-5-. The number of ether oxygens (including phenoxy) is 1. The molecule has 0 aliphatic carbocycles. The number of carbonyl (C=O) groups is 1. The maximum absolute atomic E-state index is 12.0. The Bertz CT molecular complexity index is 1190. The molecule has 1 N–H and O–H groups in total. The summed E-state index contributed by atoms with van der Waals surface area (Å²) in [5.74, 6) is 0. The third-order valence-corrected chi connectivity index (χ3v) is 5.29. The summed E-state index contributed by atoms with van der Waals surface area (Å²) >= 11 is 0. The lowest BCUT2D eigenvalue weighted by molar-refractivity contribution is 0.0636. The Morgan fingerprint density at radius 2 is 1.55 bits per heavy atom. The number of anilines is 1. The number of amides is 1. The molecule has 0 spiro atoms. The van der Waals surface area contributed by atoms with Gasteiger partial charge in [0.15, 0.2) is 9.84 Å². The quantitative estimate of drug-likeness (QED) is 0.543. The molecule has 0 fully saturated rings. The maximum Gasteiger partial charge on any atom is 0.412 e. The number of carbonyl (C=O) groups excluding carboxylic acids is 1. The highest BCUT2D eigenvalue weighted by Gasteiger charge is 2.19. The van der Waals surface area contributed by atoms with Gasteiger partial charge in [0, 0.05) is 11.8 Å². The monoisotopic (exact) mass is 440 g/mol. The minimum Gasteiger partial charge on any atom is -0.444 e. The van der Waals surface area contributed by atoms with Crippen LogP contribution in [0.4, 0.5) is 10.5 Å². The highest BCUT2D eigenvalue weighted by atomic mass is 32.2. The highest BCUT2D eigenvalue weighted by molar-refractivity contribution is 7.90. The minimum absolute atomic E-state index is 0.289. The highest BCUT2D eigenvalue weighted by Crippen LogP contribution is 2.27. The summed E-state index contributed by atoms with van der Waals surface area (Å²) in [6, 6.07) is 14.2. The number of hydrogen-bond donors (Lipinski definition) is 1. The maximum atomic E-state index is 12.0. The van der Waals surface area contributed by atoms with Crippen LogP contribution in [-0.2, 0) is 14.6 Å². The molecule has 1 heterocycles. The molecule has 1 amide bonds. The van der Waals surface area contributed by atoms with Crippen LogP contribution < -0.4 is 5.32 Å². The van der Waals surface area contributed by atoms with Crippen molar-refractivity contribution in [2.24, 2.45) is 0 Å². The number of hydrogen-bond acceptors (Lipinski definition) is 6. The molecule has 3 rings (SSSR count). The summed E-state index contributed by atoms with van der Waals surface area (Å²) in [4.78, 5) is 12.3. The van der Waals surface area contributed by atoms with E-state index in [4.69, 9.17) is 9.26 Å². The van der Waals surface area contributed by atoms with Crippen LogP contribution in [0.3, 0.4) is 0 Å². The zero-order chi connectivity index (χ0) is 22.6. The van der Waals surface area contributed by atoms with E-state index in [2.05, 4.69) is 10.5 Å². The molecule has 0 saturated heterocycles. The molecule has 0 unspecified atom stereocenters. The third kappa shape index (κ3) is 6.29. The topological polar surface area (TPSA) is 98.5 Å². The number of nitrogens with zero attached hydrogens (tertiary/aromatic N) is 1. The molecule has 0 radical (unpaired) electrons. The second kappa shape index (κ2) is 8.77. The first-order chi connectivity index (χ1) is 14.5. The molecule has 7 nitrogen and oxygen atoms in total. The summed E-state index contributed by atoms with van der Waals surface area (Å²) in [5.41, 5.74) is 2.91. The molecule has 3 aromatic rings. The fraction of sp³-hybridized carbons (Fsp3) is 0.217. The number of rotatable bonds is 5. The van der Waals surface area contributed by atoms with Gasteiger partial charge in [0.05, 0.1) is 4.90 Å². The van der Waals surface area contributed by atoms with Crippen LogP contribution in [-0.4, -0.2) is 31.5 Å². The lowest BCUT2D eigenvalue weighted by atomic mass is 10.1. The van der Waals surface area contributed by atoms with Crippen LogP contribution >= 0.6 is 0 Å². The number of aromatic nitrogens is 1. The van der Waals surface area contributed by atoms with Crippen LogP contribution in [0.5, 0.6) is 0 Å². The average Bonchev–Trinajstić information content (AvgIpc) is 3.13. The van der Waals surface area contributed by atoms with Crippen LogP contribution in [0.15, 0.2) is 64.2 Å². The van der Waals surface area contributed by atoms with Gasteiger partial charge in [-0.15, -0.1) is 0 Å². The molecular formula is C23H24N2O5S. The van der Waals surface area contributed by atoms with Crippen LogP contribution in [0.1, 0.15) is 31.9 Å². The second-order valence-corrected chi connectivity index (χ2v) is 10.0. The Kier molecular flexibility index (Phi) is 6.31. The summed E-state index contributed by atoms with van der Waals surface area (Å²) in [7, 11) is -3.21. The first-order valence-electron chi connectivity index (χ1n) is 9.54. The van der Waals surface area contributed by atoms with Gasteiger partial charge >= 0.3 is 6.09 Å². The number of nitrogens with one attached hydrogen (secondary N) is 1. The van der Waals surface area contributed by atoms with E-state index < -0.39 is 21.5 Å². The predicted molar refractivity (Wildman–Crippen MR) is 120 cm³/mol. The molecule has 162 valence electrons. The zero-order valence-electron chi connectivity index (χ0n) is 17.7. The van der Waals surface area contributed by atoms with E-state index in [1.807, 2.05) is 36.4 Å². The Hall–Kier alpha value is -3.39. The van der Waals surface area contributed by atoms with E-state index in [9.17, 15) is 13.2 Å². The molecule has 1 aromatic heterocycles. The third-order valence-electron chi connectivity index (χ3n) is 4.17. The molecule has 0 saturated carbocycles. The molecule has 0 aliphatic rings. The Morgan fingerprint density at radius 3 is 2.06 bits per heavy atom. The molecule has 31 heavy (non-hydrogen) atoms. The van der Waals surface area contributed by atoms with Gasteiger partial charge < -0.3 is 9.26 Å². The van der Waals surface area contributed by atoms with Crippen molar-refractivity contribution in [3.05, 3.63) is 65.9 Å². The Labute approximate surface area is 181 Å². The van der Waals surface area contributed by atoms with Gasteiger partial charge in [-0.3, -0.25) is 5.32 Å². The summed E-state index contributed by atoms with van der Waals surface area (Å²) in [6.07, 6.45) is 5.77. The lowest BCUT2D eigenvalue weighted by Gasteiger charge is -2.19. The Balaban J connectivity index is 1.70. The van der Waals surface area contributed by atoms with Crippen LogP contribution in [0.25, 0.3) is 23.4 Å². The first kappa shape index (κ1) is 22.3. The van der Waals surface area contributed by atoms with Gasteiger partial charge in [-0.25, -0.2) is 13.2 Å². The molecule has 2 aromatic carbocycles. The zero-order valence-corrected chi connectivity index (χ0v) is 18.6. The van der Waals surface area contributed by atoms with Crippen LogP contribution in [0, 0.1) is 0 Å². The number of benzene rings is 2. The van der Waals surface area contributed by atoms with Crippen molar-refractivity contribution < 1.29 is 22.5 Å². The largest absolute Gasteiger partial charge is 0.444 e. The van der Waals surface area contributed by atoms with E-state index >= 15 is 0 Å². The summed E-state index contributed by atoms with van der Waals surface area (Å²) in [5, 5.41) is 6.62. The molecule has 0 atom stereocenters. The predicted octanol–water partition coefficient (Wildman–Crippen LogP) is 5.26. The molecule has 0 aliphatic heterocycles. The van der Waals surface area contributed by atoms with E-state index in [1.165, 1.54) is 12.5 Å². The van der Waals surface area contributed by atoms with E-state index in [-0.39, 0.29) is 4.90 Å². The molecule has 8 heteroatoms. The second-order valence-electron chi connectivity index (χ2n) is 8.00. The van der Waals surface area contributed by atoms with Crippen molar-refractivity contribution >= 4 is 33.8 Å². The SMILES string of the molecule is CC(C)(C)OC(=O)Nc1conc1-c1ccc(/C=C\c2ccc(S(C)(=O)=O)cc2)cc1. The minimum atomic E-state index is -3.21. The normalized spacial score (nSPS) is 12.1. The van der Waals surface area contributed by atoms with E-state index in [0.717, 1.165) is 16.7 Å². The Morgan fingerprint density at radius 1 is 1.00 bits per heavy atom. The van der Waals surface area contributed by atoms with Crippen molar-refractivity contribution in [2.45, 2.75) is 31.3 Å². The van der Waals surface area contributed by atoms with Crippen LogP contribution in [0.2, 0.25) is 0 Å². The van der Waals surface area contributed by atoms with Gasteiger partial charge in [-0.1, -0.05) is 53.7 Å². The number of sulfone groups is 1. The fourth-order valence-corrected chi connectivity index (χ4v) is 3.35. The van der Waals surface area contributed by atoms with Gasteiger partial charge in [-0.2, -0.15) is 0 Å². The van der Waals surface area contributed by atoms with Crippen molar-refractivity contribution in [1.29, 1.82) is 0 Å². The van der Waals surface area contributed by atoms with Gasteiger partial charge in [0.2, 0.25) is 0 Å². The van der Waals surface area contributed by atoms with Gasteiger partial charge in [0.25, 0.3) is 0 Å². The smallest absolute Gasteiger partial charge is 0.412 e. The van der Waals surface area contributed by atoms with Crippen molar-refractivity contribution in [3.63, 3.8) is 0 Å². The molecular weight excluding hydrogens is 416 g/mol. The first-order valence-corrected chi connectivity index (χ1v) is 11.4. The fourth-order valence-electron chi connectivity index (χ4n) is 2.72. The lowest BCUT2D eigenvalue weighted by Crippen LogP contribution is -2.27. The summed E-state index contributed by atoms with van der Waals surface area (Å²) < 4.78 is 33.4. The van der Waals surface area contributed by atoms with Gasteiger partial charge in [-0.05, 0) is 44.0 Å². The van der Waals surface area contributed by atoms with E-state index in [0.29, 0.717) is 11.4 Å². The average molecular weight is 441 g/mol. The molecule has 0 bridgehead atoms. The van der Waals surface area contributed by atoms with Gasteiger partial charge in [0.1, 0.15) is 23.2 Å². The summed E-state index contributed by atoms with van der Waals surface area (Å²) in [6.45, 7) is 5.36. The van der Waals surface area contributed by atoms with Crippen molar-refractivity contribution in [1.82, 2.24) is 5.16 Å². The van der Waals surface area contributed by atoms with Crippen molar-refractivity contribution in [2.75, 3.05) is 11.6 Å².